The number of nitrogens with zero attached hydrogens (tertiary/aromatic N) is 4. The summed E-state index contributed by atoms with van der Waals surface area (Å²) < 4.78 is 6.45. The third-order valence-electron chi connectivity index (χ3n) is 6.32. The summed E-state index contributed by atoms with van der Waals surface area (Å²) in [5.41, 5.74) is 6.03. The van der Waals surface area contributed by atoms with Crippen molar-refractivity contribution in [2.75, 3.05) is 32.1 Å². The minimum Gasteiger partial charge on any atom is -0.438 e. The van der Waals surface area contributed by atoms with Crippen molar-refractivity contribution in [3.8, 4) is 17.2 Å². The Bertz CT molecular complexity index is 1130. The zero-order valence-corrected chi connectivity index (χ0v) is 19.5. The third-order valence-corrected chi connectivity index (χ3v) is 6.32. The summed E-state index contributed by atoms with van der Waals surface area (Å²) in [6.07, 6.45) is 2.31. The molecule has 1 fully saturated rings. The van der Waals surface area contributed by atoms with Crippen LogP contribution in [0.2, 0.25) is 0 Å². The SMILES string of the molecule is Cc1c(-c2ccccc2)c(N2CCC[C@H](N(C)C)C2)c2oc(C(C)(C)C)nc2c1C#N. The molecule has 2 heterocycles. The van der Waals surface area contributed by atoms with Crippen molar-refractivity contribution in [1.29, 1.82) is 5.26 Å². The number of hydrogen-bond acceptors (Lipinski definition) is 5. The maximum Gasteiger partial charge on any atom is 0.201 e. The number of benzene rings is 2. The topological polar surface area (TPSA) is 56.3 Å². The lowest BCUT2D eigenvalue weighted by Gasteiger charge is -2.38. The Balaban J connectivity index is 2.05. The van der Waals surface area contributed by atoms with E-state index in [0.29, 0.717) is 23.0 Å². The summed E-state index contributed by atoms with van der Waals surface area (Å²) >= 11 is 0. The summed E-state index contributed by atoms with van der Waals surface area (Å²) in [5.74, 6) is 0.672. The first-order chi connectivity index (χ1) is 14.7. The molecule has 162 valence electrons. The highest BCUT2D eigenvalue weighted by molar-refractivity contribution is 6.02. The molecule has 0 amide bonds. The minimum atomic E-state index is -0.238. The monoisotopic (exact) mass is 416 g/mol. The van der Waals surface area contributed by atoms with Gasteiger partial charge in [0.05, 0.1) is 11.3 Å². The molecule has 3 aromatic rings. The molecule has 0 radical (unpaired) electrons. The van der Waals surface area contributed by atoms with Crippen molar-refractivity contribution < 1.29 is 4.42 Å². The number of aromatic nitrogens is 1. The quantitative estimate of drug-likeness (QED) is 0.564. The van der Waals surface area contributed by atoms with Gasteiger partial charge in [-0.15, -0.1) is 0 Å². The van der Waals surface area contributed by atoms with Crippen molar-refractivity contribution in [3.05, 3.63) is 47.3 Å². The number of fused-ring (bicyclic) bond motifs is 1. The molecule has 0 N–H and O–H groups in total. The van der Waals surface area contributed by atoms with E-state index in [0.717, 1.165) is 47.5 Å². The number of rotatable bonds is 3. The largest absolute Gasteiger partial charge is 0.438 e. The molecule has 2 aromatic carbocycles. The van der Waals surface area contributed by atoms with Crippen molar-refractivity contribution in [3.63, 3.8) is 0 Å². The average molecular weight is 417 g/mol. The van der Waals surface area contributed by atoms with Crippen LogP contribution in [-0.4, -0.2) is 43.1 Å². The van der Waals surface area contributed by atoms with Crippen LogP contribution in [0.15, 0.2) is 34.7 Å². The maximum atomic E-state index is 10.1. The lowest BCUT2D eigenvalue weighted by atomic mass is 9.92. The first-order valence-electron chi connectivity index (χ1n) is 11.1. The number of likely N-dealkylation sites (N-methyl/N-ethyl adjacent to an activating group) is 1. The number of hydrogen-bond donors (Lipinski definition) is 0. The van der Waals surface area contributed by atoms with Gasteiger partial charge >= 0.3 is 0 Å². The van der Waals surface area contributed by atoms with E-state index in [1.807, 2.05) is 13.0 Å². The van der Waals surface area contributed by atoms with Gasteiger partial charge in [0.2, 0.25) is 5.89 Å². The van der Waals surface area contributed by atoms with Gasteiger partial charge in [-0.25, -0.2) is 4.98 Å². The van der Waals surface area contributed by atoms with Gasteiger partial charge < -0.3 is 14.2 Å². The predicted octanol–water partition coefficient (Wildman–Crippen LogP) is 5.50. The second-order valence-corrected chi connectivity index (χ2v) is 9.85. The molecular weight excluding hydrogens is 384 g/mol. The first-order valence-corrected chi connectivity index (χ1v) is 11.1. The molecule has 5 heteroatoms. The van der Waals surface area contributed by atoms with E-state index in [2.05, 4.69) is 75.0 Å². The van der Waals surface area contributed by atoms with Crippen LogP contribution in [0.3, 0.4) is 0 Å². The fourth-order valence-corrected chi connectivity index (χ4v) is 4.54. The maximum absolute atomic E-state index is 10.1. The van der Waals surface area contributed by atoms with Gasteiger partial charge in [0.15, 0.2) is 5.58 Å². The summed E-state index contributed by atoms with van der Waals surface area (Å²) in [4.78, 5) is 9.59. The van der Waals surface area contributed by atoms with Crippen LogP contribution in [0.1, 0.15) is 50.6 Å². The van der Waals surface area contributed by atoms with Crippen LogP contribution in [0.25, 0.3) is 22.2 Å². The molecule has 0 saturated carbocycles. The fourth-order valence-electron chi connectivity index (χ4n) is 4.54. The lowest BCUT2D eigenvalue weighted by Crippen LogP contribution is -2.45. The van der Waals surface area contributed by atoms with Gasteiger partial charge in [0, 0.05) is 30.1 Å². The molecule has 31 heavy (non-hydrogen) atoms. The molecule has 0 aliphatic carbocycles. The van der Waals surface area contributed by atoms with Gasteiger partial charge in [-0.3, -0.25) is 0 Å². The smallest absolute Gasteiger partial charge is 0.201 e. The van der Waals surface area contributed by atoms with Crippen LogP contribution in [0, 0.1) is 18.3 Å². The summed E-state index contributed by atoms with van der Waals surface area (Å²) in [6.45, 7) is 10.2. The molecule has 1 aliphatic heterocycles. The highest BCUT2D eigenvalue weighted by Gasteiger charge is 2.31. The van der Waals surface area contributed by atoms with Crippen LogP contribution in [0.4, 0.5) is 5.69 Å². The Labute approximate surface area is 185 Å². The molecule has 1 aromatic heterocycles. The summed E-state index contributed by atoms with van der Waals surface area (Å²) in [6, 6.07) is 13.3. The second-order valence-electron chi connectivity index (χ2n) is 9.85. The molecule has 5 nitrogen and oxygen atoms in total. The van der Waals surface area contributed by atoms with E-state index < -0.39 is 0 Å². The molecule has 1 atom stereocenters. The molecule has 0 unspecified atom stereocenters. The highest BCUT2D eigenvalue weighted by atomic mass is 16.4. The van der Waals surface area contributed by atoms with E-state index in [-0.39, 0.29) is 5.41 Å². The standard InChI is InChI=1S/C26H32N4O/c1-17-20(15-27)22-24(31-25(28-22)26(2,3)4)23(21(17)18-11-8-7-9-12-18)30-14-10-13-19(16-30)29(5)6/h7-9,11-12,19H,10,13-14,16H2,1-6H3/t19-/m0/s1. The number of anilines is 1. The van der Waals surface area contributed by atoms with Gasteiger partial charge in [-0.2, -0.15) is 5.26 Å². The van der Waals surface area contributed by atoms with Crippen molar-refractivity contribution in [2.24, 2.45) is 0 Å². The Morgan fingerprint density at radius 1 is 1.19 bits per heavy atom. The van der Waals surface area contributed by atoms with Crippen LogP contribution >= 0.6 is 0 Å². The Hall–Kier alpha value is -2.84. The normalized spacial score (nSPS) is 17.4. The minimum absolute atomic E-state index is 0.238. The van der Waals surface area contributed by atoms with E-state index in [1.54, 1.807) is 0 Å². The van der Waals surface area contributed by atoms with Gasteiger partial charge in [0.1, 0.15) is 11.6 Å². The van der Waals surface area contributed by atoms with Crippen molar-refractivity contribution in [2.45, 2.75) is 52.0 Å². The molecule has 1 aliphatic rings. The number of nitriles is 1. The van der Waals surface area contributed by atoms with Crippen LogP contribution in [0.5, 0.6) is 0 Å². The molecule has 4 rings (SSSR count). The lowest BCUT2D eigenvalue weighted by molar-refractivity contribution is 0.258. The van der Waals surface area contributed by atoms with Crippen molar-refractivity contribution in [1.82, 2.24) is 9.88 Å². The second kappa shape index (κ2) is 8.01. The van der Waals surface area contributed by atoms with E-state index in [4.69, 9.17) is 9.40 Å². The molecular formula is C26H32N4O. The van der Waals surface area contributed by atoms with Gasteiger partial charge in [0.25, 0.3) is 0 Å². The number of piperidine rings is 1. The summed E-state index contributed by atoms with van der Waals surface area (Å²) in [5, 5.41) is 10.1. The zero-order chi connectivity index (χ0) is 22.3. The van der Waals surface area contributed by atoms with Gasteiger partial charge in [-0.1, -0.05) is 51.1 Å². The van der Waals surface area contributed by atoms with Gasteiger partial charge in [-0.05, 0) is 45.0 Å². The Kier molecular flexibility index (Phi) is 5.53. The molecule has 1 saturated heterocycles. The Morgan fingerprint density at radius 2 is 1.90 bits per heavy atom. The van der Waals surface area contributed by atoms with E-state index in [9.17, 15) is 5.26 Å². The Morgan fingerprint density at radius 3 is 2.52 bits per heavy atom. The average Bonchev–Trinajstić information content (AvgIpc) is 3.19. The highest BCUT2D eigenvalue weighted by Crippen LogP contribution is 2.44. The van der Waals surface area contributed by atoms with E-state index in [1.165, 1.54) is 6.42 Å². The fraction of sp³-hybridized carbons (Fsp3) is 0.462. The van der Waals surface area contributed by atoms with E-state index >= 15 is 0 Å². The molecule has 0 spiro atoms. The number of oxazole rings is 1. The zero-order valence-electron chi connectivity index (χ0n) is 19.5. The summed E-state index contributed by atoms with van der Waals surface area (Å²) in [7, 11) is 4.30. The first kappa shape index (κ1) is 21.4. The third kappa shape index (κ3) is 3.81. The van der Waals surface area contributed by atoms with Crippen LogP contribution in [-0.2, 0) is 5.41 Å². The van der Waals surface area contributed by atoms with Crippen LogP contribution < -0.4 is 4.90 Å². The molecule has 0 bridgehead atoms. The predicted molar refractivity (Wildman–Crippen MR) is 127 cm³/mol. The van der Waals surface area contributed by atoms with Crippen molar-refractivity contribution >= 4 is 16.8 Å².